The number of rotatable bonds is 4. The molecule has 0 fully saturated rings. The number of esters is 1. The Labute approximate surface area is 181 Å². The van der Waals surface area contributed by atoms with Gasteiger partial charge in [0.05, 0.1) is 38.7 Å². The van der Waals surface area contributed by atoms with E-state index in [1.165, 1.54) is 7.11 Å². The average Bonchev–Trinajstić information content (AvgIpc) is 2.94. The Morgan fingerprint density at radius 3 is 2.45 bits per heavy atom. The Hall–Kier alpha value is -3.48. The van der Waals surface area contributed by atoms with Crippen molar-refractivity contribution in [2.45, 2.75) is 19.4 Å². The summed E-state index contributed by atoms with van der Waals surface area (Å²) in [6, 6.07) is 12.7. The highest BCUT2D eigenvalue weighted by Gasteiger charge is 2.44. The second kappa shape index (κ2) is 8.34. The molecule has 0 radical (unpaired) electrons. The largest absolute Gasteiger partial charge is 0.497 e. The van der Waals surface area contributed by atoms with Gasteiger partial charge in [0.25, 0.3) is 0 Å². The lowest BCUT2D eigenvalue weighted by molar-refractivity contribution is -0.151. The van der Waals surface area contributed by atoms with E-state index in [1.54, 1.807) is 14.2 Å². The monoisotopic (exact) mass is 422 g/mol. The van der Waals surface area contributed by atoms with Gasteiger partial charge in [-0.05, 0) is 42.7 Å². The predicted octanol–water partition coefficient (Wildman–Crippen LogP) is 3.93. The molecule has 1 aliphatic heterocycles. The summed E-state index contributed by atoms with van der Waals surface area (Å²) in [5.41, 5.74) is 3.78. The highest BCUT2D eigenvalue weighted by molar-refractivity contribution is 6.11. The fourth-order valence-electron chi connectivity index (χ4n) is 4.43. The van der Waals surface area contributed by atoms with E-state index in [9.17, 15) is 9.59 Å². The Kier molecular flexibility index (Phi) is 5.59. The Balaban J connectivity index is 1.93. The van der Waals surface area contributed by atoms with Gasteiger partial charge >= 0.3 is 5.97 Å². The fourth-order valence-corrected chi connectivity index (χ4v) is 4.43. The molecule has 2 aromatic carbocycles. The lowest BCUT2D eigenvalue weighted by Gasteiger charge is -2.32. The van der Waals surface area contributed by atoms with Crippen molar-refractivity contribution < 1.29 is 23.8 Å². The van der Waals surface area contributed by atoms with Crippen LogP contribution in [0.4, 0.5) is 11.4 Å². The summed E-state index contributed by atoms with van der Waals surface area (Å²) in [6.07, 6.45) is 0.541. The summed E-state index contributed by atoms with van der Waals surface area (Å²) in [6.45, 7) is 1.90. The van der Waals surface area contributed by atoms with Crippen molar-refractivity contribution in [1.82, 2.24) is 0 Å². The maximum absolute atomic E-state index is 13.7. The van der Waals surface area contributed by atoms with Crippen LogP contribution < -0.4 is 20.1 Å². The minimum atomic E-state index is -0.854. The molecule has 2 aromatic rings. The number of Topliss-reactive ketones (excluding diaryl/α,β-unsaturated/α-hetero) is 1. The SMILES string of the molecule is COC(=O)[C@H]1C(=O)C2=C(C[C@@H]1C)Nc1ccccc1N[C@H]2c1cc(OC)ccc1OC. The molecule has 162 valence electrons. The number of hydrogen-bond donors (Lipinski definition) is 2. The van der Waals surface area contributed by atoms with E-state index < -0.39 is 17.9 Å². The quantitative estimate of drug-likeness (QED) is 0.570. The highest BCUT2D eigenvalue weighted by atomic mass is 16.5. The van der Waals surface area contributed by atoms with Crippen LogP contribution in [0.15, 0.2) is 53.7 Å². The molecule has 0 saturated carbocycles. The van der Waals surface area contributed by atoms with Crippen molar-refractivity contribution in [1.29, 1.82) is 0 Å². The highest BCUT2D eigenvalue weighted by Crippen LogP contribution is 2.46. The van der Waals surface area contributed by atoms with Crippen LogP contribution in [0.25, 0.3) is 0 Å². The molecule has 0 spiro atoms. The second-order valence-electron chi connectivity index (χ2n) is 7.79. The van der Waals surface area contributed by atoms with Gasteiger partial charge in [-0.15, -0.1) is 0 Å². The smallest absolute Gasteiger partial charge is 0.316 e. The van der Waals surface area contributed by atoms with E-state index in [-0.39, 0.29) is 11.7 Å². The van der Waals surface area contributed by atoms with Crippen molar-refractivity contribution >= 4 is 23.1 Å². The lowest BCUT2D eigenvalue weighted by Crippen LogP contribution is -2.39. The van der Waals surface area contributed by atoms with Crippen LogP contribution in [-0.2, 0) is 14.3 Å². The topological polar surface area (TPSA) is 85.9 Å². The van der Waals surface area contributed by atoms with Crippen LogP contribution in [0.2, 0.25) is 0 Å². The number of nitrogens with one attached hydrogen (secondary N) is 2. The first kappa shape index (κ1) is 20.8. The zero-order valence-electron chi connectivity index (χ0n) is 18.0. The number of carbonyl (C=O) groups is 2. The standard InChI is InChI=1S/C24H26N2O5/c1-13-11-18-21(23(27)20(13)24(28)31-4)22(26-17-8-6-5-7-16(17)25-18)15-12-14(29-2)9-10-19(15)30-3/h5-10,12-13,20,22,25-26H,11H2,1-4H3/t13-,20+,22-/m0/s1. The molecular formula is C24H26N2O5. The number of para-hydroxylation sites is 2. The van der Waals surface area contributed by atoms with Crippen LogP contribution in [0.1, 0.15) is 24.9 Å². The maximum Gasteiger partial charge on any atom is 0.316 e. The van der Waals surface area contributed by atoms with Gasteiger partial charge in [-0.2, -0.15) is 0 Å². The predicted molar refractivity (Wildman–Crippen MR) is 117 cm³/mol. The van der Waals surface area contributed by atoms with Crippen molar-refractivity contribution in [2.75, 3.05) is 32.0 Å². The van der Waals surface area contributed by atoms with E-state index >= 15 is 0 Å². The lowest BCUT2D eigenvalue weighted by atomic mass is 9.74. The first-order valence-electron chi connectivity index (χ1n) is 10.2. The van der Waals surface area contributed by atoms with E-state index in [0.717, 1.165) is 22.6 Å². The Morgan fingerprint density at radius 1 is 1.03 bits per heavy atom. The number of benzene rings is 2. The zero-order valence-corrected chi connectivity index (χ0v) is 18.0. The van der Waals surface area contributed by atoms with Gasteiger partial charge < -0.3 is 24.8 Å². The molecule has 7 nitrogen and oxygen atoms in total. The molecule has 0 aromatic heterocycles. The van der Waals surface area contributed by atoms with E-state index in [4.69, 9.17) is 14.2 Å². The van der Waals surface area contributed by atoms with Crippen LogP contribution >= 0.6 is 0 Å². The number of hydrogen-bond acceptors (Lipinski definition) is 7. The summed E-state index contributed by atoms with van der Waals surface area (Å²) in [5, 5.41) is 6.93. The molecule has 4 rings (SSSR count). The molecule has 0 saturated heterocycles. The third kappa shape index (κ3) is 3.60. The molecule has 2 aliphatic rings. The zero-order chi connectivity index (χ0) is 22.1. The maximum atomic E-state index is 13.7. The van der Waals surface area contributed by atoms with Crippen molar-refractivity contribution in [2.24, 2.45) is 11.8 Å². The summed E-state index contributed by atoms with van der Waals surface area (Å²) in [5.74, 6) is -0.542. The van der Waals surface area contributed by atoms with Gasteiger partial charge in [-0.1, -0.05) is 19.1 Å². The number of anilines is 2. The van der Waals surface area contributed by atoms with Gasteiger partial charge in [0, 0.05) is 16.8 Å². The van der Waals surface area contributed by atoms with Gasteiger partial charge in [0.15, 0.2) is 5.78 Å². The van der Waals surface area contributed by atoms with E-state index in [2.05, 4.69) is 10.6 Å². The van der Waals surface area contributed by atoms with Crippen LogP contribution in [0.5, 0.6) is 11.5 Å². The molecule has 3 atom stereocenters. The molecule has 0 bridgehead atoms. The number of ketones is 1. The molecule has 0 unspecified atom stereocenters. The summed E-state index contributed by atoms with van der Waals surface area (Å²) in [7, 11) is 4.49. The number of fused-ring (bicyclic) bond motifs is 1. The second-order valence-corrected chi connectivity index (χ2v) is 7.79. The normalized spacial score (nSPS) is 22.3. The molecule has 0 amide bonds. The molecule has 31 heavy (non-hydrogen) atoms. The summed E-state index contributed by atoms with van der Waals surface area (Å²) in [4.78, 5) is 26.2. The van der Waals surface area contributed by atoms with Crippen LogP contribution in [0.3, 0.4) is 0 Å². The van der Waals surface area contributed by atoms with E-state index in [1.807, 2.05) is 49.4 Å². The van der Waals surface area contributed by atoms with Crippen molar-refractivity contribution in [3.8, 4) is 11.5 Å². The minimum absolute atomic E-state index is 0.190. The molecule has 1 aliphatic carbocycles. The summed E-state index contributed by atoms with van der Waals surface area (Å²) < 4.78 is 16.0. The van der Waals surface area contributed by atoms with Crippen molar-refractivity contribution in [3.05, 3.63) is 59.3 Å². The Bertz CT molecular complexity index is 1060. The first-order valence-corrected chi connectivity index (χ1v) is 10.2. The van der Waals surface area contributed by atoms with Crippen molar-refractivity contribution in [3.63, 3.8) is 0 Å². The third-order valence-corrected chi connectivity index (χ3v) is 5.97. The van der Waals surface area contributed by atoms with Gasteiger partial charge in [0.1, 0.15) is 17.4 Å². The molecule has 2 N–H and O–H groups in total. The number of methoxy groups -OCH3 is 3. The fraction of sp³-hybridized carbons (Fsp3) is 0.333. The number of carbonyl (C=O) groups excluding carboxylic acids is 2. The molecule has 1 heterocycles. The number of allylic oxidation sites excluding steroid dienone is 1. The molecular weight excluding hydrogens is 396 g/mol. The van der Waals surface area contributed by atoms with Gasteiger partial charge in [-0.3, -0.25) is 9.59 Å². The third-order valence-electron chi connectivity index (χ3n) is 5.97. The first-order chi connectivity index (χ1) is 15.0. The van der Waals surface area contributed by atoms with Gasteiger partial charge in [0.2, 0.25) is 0 Å². The van der Waals surface area contributed by atoms with Crippen LogP contribution in [0, 0.1) is 11.8 Å². The minimum Gasteiger partial charge on any atom is -0.497 e. The Morgan fingerprint density at radius 2 is 1.77 bits per heavy atom. The van der Waals surface area contributed by atoms with Crippen LogP contribution in [-0.4, -0.2) is 33.1 Å². The average molecular weight is 422 g/mol. The van der Waals surface area contributed by atoms with E-state index in [0.29, 0.717) is 23.5 Å². The summed E-state index contributed by atoms with van der Waals surface area (Å²) >= 11 is 0. The van der Waals surface area contributed by atoms with Gasteiger partial charge in [-0.25, -0.2) is 0 Å². The number of ether oxygens (including phenoxy) is 3. The molecule has 7 heteroatoms.